The summed E-state index contributed by atoms with van der Waals surface area (Å²) in [5.74, 6) is 0.103. The molecular formula is C20H21N3O5S2. The molecule has 158 valence electrons. The van der Waals surface area contributed by atoms with E-state index in [2.05, 4.69) is 15.0 Å². The monoisotopic (exact) mass is 447 g/mol. The van der Waals surface area contributed by atoms with Gasteiger partial charge in [-0.25, -0.2) is 18.1 Å². The van der Waals surface area contributed by atoms with E-state index in [-0.39, 0.29) is 29.7 Å². The molecule has 0 bridgehead atoms. The van der Waals surface area contributed by atoms with Crippen molar-refractivity contribution in [3.63, 3.8) is 0 Å². The fourth-order valence-corrected chi connectivity index (χ4v) is 4.84. The van der Waals surface area contributed by atoms with Crippen molar-refractivity contribution in [3.05, 3.63) is 59.3 Å². The molecule has 0 radical (unpaired) electrons. The molecule has 0 spiro atoms. The van der Waals surface area contributed by atoms with Gasteiger partial charge in [0.25, 0.3) is 5.91 Å². The Bertz CT molecular complexity index is 1100. The van der Waals surface area contributed by atoms with Crippen LogP contribution in [0.15, 0.2) is 57.4 Å². The Morgan fingerprint density at radius 2 is 2.17 bits per heavy atom. The molecule has 10 heteroatoms. The van der Waals surface area contributed by atoms with Gasteiger partial charge in [-0.05, 0) is 42.5 Å². The molecule has 1 aliphatic rings. The van der Waals surface area contributed by atoms with Crippen LogP contribution in [0.1, 0.15) is 28.9 Å². The number of oxazole rings is 1. The number of amides is 1. The molecule has 1 aliphatic heterocycles. The Hall–Kier alpha value is -2.53. The summed E-state index contributed by atoms with van der Waals surface area (Å²) in [6, 6.07) is 9.72. The van der Waals surface area contributed by atoms with E-state index in [0.29, 0.717) is 18.2 Å². The third kappa shape index (κ3) is 4.96. The Morgan fingerprint density at radius 3 is 2.93 bits per heavy atom. The van der Waals surface area contributed by atoms with Gasteiger partial charge in [-0.15, -0.1) is 11.3 Å². The lowest BCUT2D eigenvalue weighted by atomic mass is 10.2. The number of nitrogens with zero attached hydrogens (tertiary/aromatic N) is 1. The van der Waals surface area contributed by atoms with Crippen molar-refractivity contribution in [1.82, 2.24) is 15.0 Å². The first kappa shape index (κ1) is 20.7. The van der Waals surface area contributed by atoms with Crippen molar-refractivity contribution in [1.29, 1.82) is 0 Å². The minimum absolute atomic E-state index is 0.0366. The maximum Gasteiger partial charge on any atom is 0.251 e. The molecule has 0 saturated carbocycles. The van der Waals surface area contributed by atoms with Gasteiger partial charge >= 0.3 is 0 Å². The molecule has 1 unspecified atom stereocenters. The van der Waals surface area contributed by atoms with Gasteiger partial charge in [0, 0.05) is 18.7 Å². The summed E-state index contributed by atoms with van der Waals surface area (Å²) in [5.41, 5.74) is 0.825. The van der Waals surface area contributed by atoms with Gasteiger partial charge in [0.1, 0.15) is 6.26 Å². The smallest absolute Gasteiger partial charge is 0.251 e. The summed E-state index contributed by atoms with van der Waals surface area (Å²) >= 11 is 1.51. The second-order valence-electron chi connectivity index (χ2n) is 6.82. The summed E-state index contributed by atoms with van der Waals surface area (Å²) in [7, 11) is -3.73. The van der Waals surface area contributed by atoms with Crippen LogP contribution in [0.5, 0.6) is 0 Å². The number of hydrogen-bond acceptors (Lipinski definition) is 7. The first-order valence-corrected chi connectivity index (χ1v) is 11.9. The average molecular weight is 448 g/mol. The largest absolute Gasteiger partial charge is 0.443 e. The van der Waals surface area contributed by atoms with E-state index in [1.807, 2.05) is 17.5 Å². The van der Waals surface area contributed by atoms with Gasteiger partial charge in [0.05, 0.1) is 28.1 Å². The van der Waals surface area contributed by atoms with E-state index in [1.54, 1.807) is 12.1 Å². The Morgan fingerprint density at radius 1 is 1.27 bits per heavy atom. The summed E-state index contributed by atoms with van der Waals surface area (Å²) in [6.45, 7) is 1.04. The van der Waals surface area contributed by atoms with Gasteiger partial charge in [-0.2, -0.15) is 0 Å². The van der Waals surface area contributed by atoms with Crippen LogP contribution < -0.4 is 10.0 Å². The lowest BCUT2D eigenvalue weighted by Gasteiger charge is -2.12. The molecule has 2 N–H and O–H groups in total. The highest BCUT2D eigenvalue weighted by Crippen LogP contribution is 2.23. The van der Waals surface area contributed by atoms with Crippen LogP contribution >= 0.6 is 11.3 Å². The van der Waals surface area contributed by atoms with Gasteiger partial charge in [-0.3, -0.25) is 4.79 Å². The normalized spacial score (nSPS) is 16.6. The molecule has 1 amide bonds. The maximum absolute atomic E-state index is 12.5. The van der Waals surface area contributed by atoms with Crippen LogP contribution in [0.25, 0.3) is 10.8 Å². The molecule has 30 heavy (non-hydrogen) atoms. The highest BCUT2D eigenvalue weighted by molar-refractivity contribution is 7.89. The predicted octanol–water partition coefficient (Wildman–Crippen LogP) is 2.79. The Balaban J connectivity index is 1.37. The fraction of sp³-hybridized carbons (Fsp3) is 0.300. The average Bonchev–Trinajstić information content (AvgIpc) is 3.53. The second kappa shape index (κ2) is 9.09. The van der Waals surface area contributed by atoms with E-state index in [4.69, 9.17) is 9.15 Å². The lowest BCUT2D eigenvalue weighted by Crippen LogP contribution is -2.32. The number of hydrogen-bond donors (Lipinski definition) is 2. The predicted molar refractivity (Wildman–Crippen MR) is 112 cm³/mol. The van der Waals surface area contributed by atoms with Crippen molar-refractivity contribution < 1.29 is 22.4 Å². The summed E-state index contributed by atoms with van der Waals surface area (Å²) < 4.78 is 38.5. The van der Waals surface area contributed by atoms with E-state index in [1.165, 1.54) is 29.7 Å². The number of aromatic nitrogens is 1. The minimum atomic E-state index is -3.73. The Labute approximate surface area is 178 Å². The molecule has 1 saturated heterocycles. The summed E-state index contributed by atoms with van der Waals surface area (Å²) in [6.07, 6.45) is 3.15. The van der Waals surface area contributed by atoms with Crippen molar-refractivity contribution in [3.8, 4) is 10.8 Å². The first-order valence-electron chi connectivity index (χ1n) is 9.49. The molecule has 2 aromatic heterocycles. The third-order valence-electron chi connectivity index (χ3n) is 4.65. The standard InChI is InChI=1S/C20H21N3O5S2/c24-19(21-11-15-13-28-20(23-15)18-7-3-9-29-18)14-4-1-6-17(10-14)30(25,26)22-12-16-5-2-8-27-16/h1,3-4,6-7,9-10,13,16,22H,2,5,8,11-12H2,(H,21,24). The number of benzene rings is 1. The summed E-state index contributed by atoms with van der Waals surface area (Å²) in [4.78, 5) is 17.8. The van der Waals surface area contributed by atoms with Crippen LogP contribution in [0, 0.1) is 0 Å². The van der Waals surface area contributed by atoms with Crippen LogP contribution in [-0.2, 0) is 21.3 Å². The number of carbonyl (C=O) groups is 1. The molecular weight excluding hydrogens is 426 g/mol. The number of thiophene rings is 1. The van der Waals surface area contributed by atoms with Crippen molar-refractivity contribution >= 4 is 27.3 Å². The van der Waals surface area contributed by atoms with E-state index < -0.39 is 15.9 Å². The molecule has 8 nitrogen and oxygen atoms in total. The zero-order valence-corrected chi connectivity index (χ0v) is 17.7. The number of nitrogens with one attached hydrogen (secondary N) is 2. The van der Waals surface area contributed by atoms with E-state index >= 15 is 0 Å². The topological polar surface area (TPSA) is 111 Å². The first-order chi connectivity index (χ1) is 14.5. The zero-order valence-electron chi connectivity index (χ0n) is 16.0. The minimum Gasteiger partial charge on any atom is -0.443 e. The number of ether oxygens (including phenoxy) is 1. The molecule has 4 rings (SSSR count). The summed E-state index contributed by atoms with van der Waals surface area (Å²) in [5, 5.41) is 4.66. The Kier molecular flexibility index (Phi) is 6.28. The van der Waals surface area contributed by atoms with Gasteiger partial charge in [-0.1, -0.05) is 12.1 Å². The highest BCUT2D eigenvalue weighted by Gasteiger charge is 2.21. The fourth-order valence-electron chi connectivity index (χ4n) is 3.07. The second-order valence-corrected chi connectivity index (χ2v) is 9.53. The van der Waals surface area contributed by atoms with Gasteiger partial charge < -0.3 is 14.5 Å². The quantitative estimate of drug-likeness (QED) is 0.549. The molecule has 3 aromatic rings. The third-order valence-corrected chi connectivity index (χ3v) is 6.92. The van der Waals surface area contributed by atoms with Crippen LogP contribution in [0.4, 0.5) is 0 Å². The maximum atomic E-state index is 12.5. The van der Waals surface area contributed by atoms with Crippen molar-refractivity contribution in [2.45, 2.75) is 30.4 Å². The van der Waals surface area contributed by atoms with Crippen LogP contribution in [-0.4, -0.2) is 38.6 Å². The molecule has 1 aromatic carbocycles. The molecule has 1 atom stereocenters. The van der Waals surface area contributed by atoms with Crippen LogP contribution in [0.2, 0.25) is 0 Å². The molecule has 1 fully saturated rings. The van der Waals surface area contributed by atoms with Gasteiger partial charge in [0.15, 0.2) is 0 Å². The lowest BCUT2D eigenvalue weighted by molar-refractivity contribution is 0.0950. The van der Waals surface area contributed by atoms with Crippen molar-refractivity contribution in [2.75, 3.05) is 13.2 Å². The molecule has 0 aliphatic carbocycles. The van der Waals surface area contributed by atoms with Crippen molar-refractivity contribution in [2.24, 2.45) is 0 Å². The van der Waals surface area contributed by atoms with E-state index in [0.717, 1.165) is 17.7 Å². The highest BCUT2D eigenvalue weighted by atomic mass is 32.2. The number of sulfonamides is 1. The molecule has 3 heterocycles. The van der Waals surface area contributed by atoms with Crippen LogP contribution in [0.3, 0.4) is 0 Å². The number of carbonyl (C=O) groups excluding carboxylic acids is 1. The SMILES string of the molecule is O=C(NCc1coc(-c2cccs2)n1)c1cccc(S(=O)(=O)NCC2CCCO2)c1. The number of rotatable bonds is 8. The van der Waals surface area contributed by atoms with Gasteiger partial charge in [0.2, 0.25) is 15.9 Å². The van der Waals surface area contributed by atoms with E-state index in [9.17, 15) is 13.2 Å². The zero-order chi connectivity index (χ0) is 21.0.